The molecule has 0 unspecified atom stereocenters. The Bertz CT molecular complexity index is 604. The number of carbonyl (C=O) groups excluding carboxylic acids is 3. The molecular weight excluding hydrogens is 282 g/mol. The lowest BCUT2D eigenvalue weighted by Gasteiger charge is -2.31. The highest BCUT2D eigenvalue weighted by Crippen LogP contribution is 2.22. The molecule has 0 aromatic heterocycles. The van der Waals surface area contributed by atoms with E-state index in [-0.39, 0.29) is 23.6 Å². The van der Waals surface area contributed by atoms with Crippen molar-refractivity contribution in [3.05, 3.63) is 42.5 Å². The first-order chi connectivity index (χ1) is 10.5. The summed E-state index contributed by atoms with van der Waals surface area (Å²) < 4.78 is 0. The fourth-order valence-electron chi connectivity index (χ4n) is 2.50. The molecule has 1 aliphatic rings. The lowest BCUT2D eigenvalue weighted by atomic mass is 9.95. The van der Waals surface area contributed by atoms with Crippen LogP contribution in [-0.2, 0) is 9.59 Å². The number of piperidine rings is 1. The van der Waals surface area contributed by atoms with Crippen LogP contribution in [0, 0.1) is 5.92 Å². The van der Waals surface area contributed by atoms with E-state index in [0.29, 0.717) is 37.2 Å². The summed E-state index contributed by atoms with van der Waals surface area (Å²) in [7, 11) is 0. The van der Waals surface area contributed by atoms with E-state index in [4.69, 9.17) is 5.73 Å². The van der Waals surface area contributed by atoms with Crippen molar-refractivity contribution in [1.29, 1.82) is 0 Å². The third-order valence-electron chi connectivity index (χ3n) is 3.79. The number of nitrogens with one attached hydrogen (secondary N) is 1. The Morgan fingerprint density at radius 2 is 1.86 bits per heavy atom. The number of primary amides is 1. The van der Waals surface area contributed by atoms with Crippen LogP contribution < -0.4 is 11.1 Å². The van der Waals surface area contributed by atoms with Crippen molar-refractivity contribution in [2.24, 2.45) is 11.7 Å². The predicted molar refractivity (Wildman–Crippen MR) is 83.1 cm³/mol. The van der Waals surface area contributed by atoms with E-state index in [1.165, 1.54) is 0 Å². The summed E-state index contributed by atoms with van der Waals surface area (Å²) in [5.74, 6) is -1.01. The van der Waals surface area contributed by atoms with Crippen molar-refractivity contribution < 1.29 is 14.4 Å². The van der Waals surface area contributed by atoms with Gasteiger partial charge in [-0.15, -0.1) is 0 Å². The van der Waals surface area contributed by atoms with Gasteiger partial charge in [0.2, 0.25) is 11.8 Å². The van der Waals surface area contributed by atoms with Gasteiger partial charge in [-0.3, -0.25) is 14.4 Å². The van der Waals surface area contributed by atoms with Gasteiger partial charge in [0.05, 0.1) is 11.3 Å². The lowest BCUT2D eigenvalue weighted by molar-refractivity contribution is -0.123. The first-order valence-electron chi connectivity index (χ1n) is 7.14. The molecule has 0 bridgehead atoms. The molecule has 0 aliphatic carbocycles. The second kappa shape index (κ2) is 6.89. The average molecular weight is 301 g/mol. The number of benzene rings is 1. The number of nitrogens with zero attached hydrogens (tertiary/aromatic N) is 1. The molecule has 2 rings (SSSR count). The van der Waals surface area contributed by atoms with Crippen LogP contribution in [0.2, 0.25) is 0 Å². The van der Waals surface area contributed by atoms with Gasteiger partial charge < -0.3 is 16.0 Å². The highest BCUT2D eigenvalue weighted by molar-refractivity contribution is 6.06. The van der Waals surface area contributed by atoms with E-state index in [0.717, 1.165) is 6.08 Å². The van der Waals surface area contributed by atoms with Crippen LogP contribution in [0.3, 0.4) is 0 Å². The van der Waals surface area contributed by atoms with Gasteiger partial charge in [0.1, 0.15) is 0 Å². The molecule has 6 nitrogen and oxygen atoms in total. The Hall–Kier alpha value is -2.63. The van der Waals surface area contributed by atoms with Crippen molar-refractivity contribution in [2.45, 2.75) is 12.8 Å². The summed E-state index contributed by atoms with van der Waals surface area (Å²) >= 11 is 0. The van der Waals surface area contributed by atoms with Crippen LogP contribution in [0.1, 0.15) is 23.2 Å². The minimum absolute atomic E-state index is 0.164. The van der Waals surface area contributed by atoms with E-state index in [9.17, 15) is 14.4 Å². The highest BCUT2D eigenvalue weighted by Gasteiger charge is 2.27. The molecule has 0 spiro atoms. The molecule has 6 heteroatoms. The zero-order valence-electron chi connectivity index (χ0n) is 12.2. The number of nitrogens with two attached hydrogens (primary N) is 1. The summed E-state index contributed by atoms with van der Waals surface area (Å²) in [6.07, 6.45) is 2.30. The van der Waals surface area contributed by atoms with Gasteiger partial charge in [-0.05, 0) is 31.1 Å². The number of hydrogen-bond donors (Lipinski definition) is 2. The van der Waals surface area contributed by atoms with Crippen LogP contribution in [-0.4, -0.2) is 35.7 Å². The van der Waals surface area contributed by atoms with E-state index in [1.54, 1.807) is 29.2 Å². The predicted octanol–water partition coefficient (Wildman–Crippen LogP) is 1.15. The average Bonchev–Trinajstić information content (AvgIpc) is 2.54. The van der Waals surface area contributed by atoms with Crippen molar-refractivity contribution in [3.63, 3.8) is 0 Å². The van der Waals surface area contributed by atoms with Crippen molar-refractivity contribution in [3.8, 4) is 0 Å². The molecule has 0 radical (unpaired) electrons. The molecule has 22 heavy (non-hydrogen) atoms. The summed E-state index contributed by atoms with van der Waals surface area (Å²) in [6, 6.07) is 6.83. The van der Waals surface area contributed by atoms with Crippen molar-refractivity contribution in [2.75, 3.05) is 18.4 Å². The van der Waals surface area contributed by atoms with Gasteiger partial charge in [0.15, 0.2) is 0 Å². The molecule has 116 valence electrons. The van der Waals surface area contributed by atoms with Crippen molar-refractivity contribution in [1.82, 2.24) is 4.90 Å². The van der Waals surface area contributed by atoms with Gasteiger partial charge in [0.25, 0.3) is 5.91 Å². The number of para-hydroxylation sites is 1. The largest absolute Gasteiger partial charge is 0.369 e. The van der Waals surface area contributed by atoms with Crippen LogP contribution >= 0.6 is 0 Å². The summed E-state index contributed by atoms with van der Waals surface area (Å²) in [5.41, 5.74) is 6.17. The molecule has 1 aromatic rings. The van der Waals surface area contributed by atoms with Crippen LogP contribution in [0.15, 0.2) is 36.9 Å². The zero-order valence-corrected chi connectivity index (χ0v) is 12.2. The first kappa shape index (κ1) is 15.8. The van der Waals surface area contributed by atoms with Crippen LogP contribution in [0.5, 0.6) is 0 Å². The number of rotatable bonds is 4. The third kappa shape index (κ3) is 3.52. The SMILES string of the molecule is C=CC(=O)Nc1ccccc1C(=O)N1CCC(C(N)=O)CC1. The fourth-order valence-corrected chi connectivity index (χ4v) is 2.50. The Morgan fingerprint density at radius 1 is 1.23 bits per heavy atom. The molecule has 3 N–H and O–H groups in total. The van der Waals surface area contributed by atoms with E-state index < -0.39 is 0 Å². The molecular formula is C16H19N3O3. The number of amides is 3. The number of likely N-dealkylation sites (tertiary alicyclic amines) is 1. The maximum absolute atomic E-state index is 12.6. The second-order valence-corrected chi connectivity index (χ2v) is 5.21. The Morgan fingerprint density at radius 3 is 2.45 bits per heavy atom. The van der Waals surface area contributed by atoms with Crippen LogP contribution in [0.25, 0.3) is 0 Å². The molecule has 1 fully saturated rings. The number of anilines is 1. The zero-order chi connectivity index (χ0) is 16.1. The van der Waals surface area contributed by atoms with E-state index in [2.05, 4.69) is 11.9 Å². The highest BCUT2D eigenvalue weighted by atomic mass is 16.2. The molecule has 1 saturated heterocycles. The summed E-state index contributed by atoms with van der Waals surface area (Å²) in [6.45, 7) is 4.36. The number of carbonyl (C=O) groups is 3. The van der Waals surface area contributed by atoms with Gasteiger partial charge in [-0.25, -0.2) is 0 Å². The molecule has 0 atom stereocenters. The topological polar surface area (TPSA) is 92.5 Å². The van der Waals surface area contributed by atoms with Gasteiger partial charge >= 0.3 is 0 Å². The van der Waals surface area contributed by atoms with Crippen molar-refractivity contribution >= 4 is 23.4 Å². The summed E-state index contributed by atoms with van der Waals surface area (Å²) in [5, 5.41) is 2.63. The molecule has 1 aliphatic heterocycles. The molecule has 3 amide bonds. The second-order valence-electron chi connectivity index (χ2n) is 5.21. The quantitative estimate of drug-likeness (QED) is 0.817. The Balaban J connectivity index is 2.12. The minimum Gasteiger partial charge on any atom is -0.369 e. The lowest BCUT2D eigenvalue weighted by Crippen LogP contribution is -2.42. The number of hydrogen-bond acceptors (Lipinski definition) is 3. The Kier molecular flexibility index (Phi) is 4.93. The van der Waals surface area contributed by atoms with E-state index >= 15 is 0 Å². The molecule has 1 heterocycles. The third-order valence-corrected chi connectivity index (χ3v) is 3.79. The first-order valence-corrected chi connectivity index (χ1v) is 7.14. The monoisotopic (exact) mass is 301 g/mol. The smallest absolute Gasteiger partial charge is 0.255 e. The maximum atomic E-state index is 12.6. The minimum atomic E-state index is -0.368. The molecule has 0 saturated carbocycles. The van der Waals surface area contributed by atoms with Crippen LogP contribution in [0.4, 0.5) is 5.69 Å². The van der Waals surface area contributed by atoms with Gasteiger partial charge in [-0.1, -0.05) is 18.7 Å². The normalized spacial score (nSPS) is 15.2. The maximum Gasteiger partial charge on any atom is 0.255 e. The standard InChI is InChI=1S/C16H19N3O3/c1-2-14(20)18-13-6-4-3-5-12(13)16(22)19-9-7-11(8-10-19)15(17)21/h2-6,11H,1,7-10H2,(H2,17,21)(H,18,20). The van der Waals surface area contributed by atoms with Gasteiger partial charge in [-0.2, -0.15) is 0 Å². The summed E-state index contributed by atoms with van der Waals surface area (Å²) in [4.78, 5) is 36.9. The van der Waals surface area contributed by atoms with Gasteiger partial charge in [0, 0.05) is 19.0 Å². The van der Waals surface area contributed by atoms with E-state index in [1.807, 2.05) is 0 Å². The fraction of sp³-hybridized carbons (Fsp3) is 0.312. The molecule has 1 aromatic carbocycles. The Labute approximate surface area is 129 Å².